The van der Waals surface area contributed by atoms with E-state index in [9.17, 15) is 4.79 Å². The number of anilines is 1. The van der Waals surface area contributed by atoms with E-state index in [1.807, 2.05) is 0 Å². The largest absolute Gasteiger partial charge is 0.497 e. The SMILES string of the molecule is COc1ccc(NC(=O)[C@H](C)n2cccn2)c(OC)c1. The first-order chi connectivity index (χ1) is 9.65. The van der Waals surface area contributed by atoms with Crippen LogP contribution in [0.1, 0.15) is 13.0 Å². The minimum atomic E-state index is -0.406. The van der Waals surface area contributed by atoms with Crippen LogP contribution < -0.4 is 14.8 Å². The molecule has 2 aromatic rings. The summed E-state index contributed by atoms with van der Waals surface area (Å²) in [5.41, 5.74) is 0.595. The van der Waals surface area contributed by atoms with Gasteiger partial charge in [-0.3, -0.25) is 9.48 Å². The number of nitrogens with one attached hydrogen (secondary N) is 1. The summed E-state index contributed by atoms with van der Waals surface area (Å²) in [7, 11) is 3.12. The van der Waals surface area contributed by atoms with Crippen LogP contribution in [0, 0.1) is 0 Å². The fraction of sp³-hybridized carbons (Fsp3) is 0.286. The summed E-state index contributed by atoms with van der Waals surface area (Å²) < 4.78 is 11.9. The highest BCUT2D eigenvalue weighted by atomic mass is 16.5. The van der Waals surface area contributed by atoms with E-state index in [0.29, 0.717) is 17.2 Å². The fourth-order valence-electron chi connectivity index (χ4n) is 1.77. The quantitative estimate of drug-likeness (QED) is 0.907. The average molecular weight is 275 g/mol. The molecule has 0 aliphatic rings. The number of benzene rings is 1. The highest BCUT2D eigenvalue weighted by molar-refractivity contribution is 5.94. The first-order valence-corrected chi connectivity index (χ1v) is 6.17. The van der Waals surface area contributed by atoms with Gasteiger partial charge in [0.15, 0.2) is 0 Å². The van der Waals surface area contributed by atoms with Gasteiger partial charge in [0.05, 0.1) is 19.9 Å². The molecule has 0 unspecified atom stereocenters. The van der Waals surface area contributed by atoms with E-state index in [0.717, 1.165) is 0 Å². The molecule has 0 radical (unpaired) electrons. The Bertz CT molecular complexity index is 581. The number of ether oxygens (including phenoxy) is 2. The predicted octanol–water partition coefficient (Wildman–Crippen LogP) is 2.10. The van der Waals surface area contributed by atoms with Crippen LogP contribution in [0.15, 0.2) is 36.7 Å². The zero-order chi connectivity index (χ0) is 14.5. The molecule has 0 fully saturated rings. The molecule has 0 aliphatic carbocycles. The van der Waals surface area contributed by atoms with Crippen molar-refractivity contribution in [2.24, 2.45) is 0 Å². The fourth-order valence-corrected chi connectivity index (χ4v) is 1.77. The topological polar surface area (TPSA) is 65.4 Å². The lowest BCUT2D eigenvalue weighted by atomic mass is 10.2. The average Bonchev–Trinajstić information content (AvgIpc) is 3.00. The maximum Gasteiger partial charge on any atom is 0.249 e. The monoisotopic (exact) mass is 275 g/mol. The molecule has 0 saturated carbocycles. The second kappa shape index (κ2) is 6.10. The van der Waals surface area contributed by atoms with Crippen LogP contribution in [0.25, 0.3) is 0 Å². The van der Waals surface area contributed by atoms with Gasteiger partial charge in [0.2, 0.25) is 5.91 Å². The lowest BCUT2D eigenvalue weighted by Gasteiger charge is -2.15. The summed E-state index contributed by atoms with van der Waals surface area (Å²) in [6.07, 6.45) is 3.38. The zero-order valence-corrected chi connectivity index (χ0v) is 11.7. The molecule has 0 bridgehead atoms. The second-order valence-corrected chi connectivity index (χ2v) is 4.22. The zero-order valence-electron chi connectivity index (χ0n) is 11.7. The smallest absolute Gasteiger partial charge is 0.249 e. The lowest BCUT2D eigenvalue weighted by Crippen LogP contribution is -2.24. The number of carbonyl (C=O) groups is 1. The molecule has 20 heavy (non-hydrogen) atoms. The number of aromatic nitrogens is 2. The van der Waals surface area contributed by atoms with Crippen LogP contribution >= 0.6 is 0 Å². The number of amides is 1. The number of methoxy groups -OCH3 is 2. The van der Waals surface area contributed by atoms with Crippen molar-refractivity contribution < 1.29 is 14.3 Å². The van der Waals surface area contributed by atoms with Gasteiger partial charge in [-0.2, -0.15) is 5.10 Å². The van der Waals surface area contributed by atoms with Gasteiger partial charge in [-0.15, -0.1) is 0 Å². The summed E-state index contributed by atoms with van der Waals surface area (Å²) >= 11 is 0. The molecule has 0 aliphatic heterocycles. The Kier molecular flexibility index (Phi) is 4.24. The van der Waals surface area contributed by atoms with Gasteiger partial charge in [0.25, 0.3) is 0 Å². The molecule has 1 aromatic carbocycles. The van der Waals surface area contributed by atoms with E-state index >= 15 is 0 Å². The number of nitrogens with zero attached hydrogens (tertiary/aromatic N) is 2. The maximum absolute atomic E-state index is 12.2. The minimum absolute atomic E-state index is 0.169. The summed E-state index contributed by atoms with van der Waals surface area (Å²) in [6, 6.07) is 6.59. The van der Waals surface area contributed by atoms with Crippen molar-refractivity contribution in [1.29, 1.82) is 0 Å². The third kappa shape index (κ3) is 2.90. The van der Waals surface area contributed by atoms with Crippen molar-refractivity contribution in [3.8, 4) is 11.5 Å². The van der Waals surface area contributed by atoms with Crippen LogP contribution in [0.5, 0.6) is 11.5 Å². The maximum atomic E-state index is 12.2. The molecule has 0 spiro atoms. The Labute approximate surface area is 117 Å². The molecule has 106 valence electrons. The first kappa shape index (κ1) is 13.9. The minimum Gasteiger partial charge on any atom is -0.497 e. The molecule has 6 nitrogen and oxygen atoms in total. The molecule has 6 heteroatoms. The van der Waals surface area contributed by atoms with Crippen LogP contribution in [0.2, 0.25) is 0 Å². The third-order valence-electron chi connectivity index (χ3n) is 2.97. The molecule has 2 rings (SSSR count). The van der Waals surface area contributed by atoms with E-state index in [4.69, 9.17) is 9.47 Å². The normalized spacial score (nSPS) is 11.8. The predicted molar refractivity (Wildman–Crippen MR) is 75.1 cm³/mol. The molecule has 1 amide bonds. The summed E-state index contributed by atoms with van der Waals surface area (Å²) in [5, 5.41) is 6.87. The highest BCUT2D eigenvalue weighted by Gasteiger charge is 2.17. The number of hydrogen-bond donors (Lipinski definition) is 1. The Balaban J connectivity index is 2.15. The Morgan fingerprint density at radius 3 is 2.75 bits per heavy atom. The van der Waals surface area contributed by atoms with Gasteiger partial charge in [0, 0.05) is 18.5 Å². The molecular weight excluding hydrogens is 258 g/mol. The van der Waals surface area contributed by atoms with E-state index in [1.54, 1.807) is 62.5 Å². The third-order valence-corrected chi connectivity index (χ3v) is 2.97. The summed E-state index contributed by atoms with van der Waals surface area (Å²) in [5.74, 6) is 1.04. The van der Waals surface area contributed by atoms with Gasteiger partial charge in [-0.25, -0.2) is 0 Å². The molecule has 1 N–H and O–H groups in total. The van der Waals surface area contributed by atoms with Crippen molar-refractivity contribution in [2.75, 3.05) is 19.5 Å². The molecule has 1 heterocycles. The van der Waals surface area contributed by atoms with Gasteiger partial charge in [-0.1, -0.05) is 0 Å². The molecule has 0 saturated heterocycles. The number of rotatable bonds is 5. The van der Waals surface area contributed by atoms with Crippen LogP contribution in [0.4, 0.5) is 5.69 Å². The lowest BCUT2D eigenvalue weighted by molar-refractivity contribution is -0.119. The second-order valence-electron chi connectivity index (χ2n) is 4.22. The van der Waals surface area contributed by atoms with Gasteiger partial charge in [-0.05, 0) is 25.1 Å². The Hall–Kier alpha value is -2.50. The van der Waals surface area contributed by atoms with E-state index in [2.05, 4.69) is 10.4 Å². The van der Waals surface area contributed by atoms with Gasteiger partial charge in [0.1, 0.15) is 17.5 Å². The number of hydrogen-bond acceptors (Lipinski definition) is 4. The van der Waals surface area contributed by atoms with Crippen molar-refractivity contribution in [3.05, 3.63) is 36.7 Å². The molecule has 1 aromatic heterocycles. The first-order valence-electron chi connectivity index (χ1n) is 6.17. The summed E-state index contributed by atoms with van der Waals surface area (Å²) in [4.78, 5) is 12.2. The Morgan fingerprint density at radius 1 is 1.35 bits per heavy atom. The van der Waals surface area contributed by atoms with Crippen LogP contribution in [-0.4, -0.2) is 29.9 Å². The van der Waals surface area contributed by atoms with Gasteiger partial charge < -0.3 is 14.8 Å². The Morgan fingerprint density at radius 2 is 2.15 bits per heavy atom. The van der Waals surface area contributed by atoms with Crippen LogP contribution in [-0.2, 0) is 4.79 Å². The van der Waals surface area contributed by atoms with Crippen molar-refractivity contribution >= 4 is 11.6 Å². The van der Waals surface area contributed by atoms with E-state index in [-0.39, 0.29) is 5.91 Å². The van der Waals surface area contributed by atoms with Crippen molar-refractivity contribution in [3.63, 3.8) is 0 Å². The van der Waals surface area contributed by atoms with Gasteiger partial charge >= 0.3 is 0 Å². The standard InChI is InChI=1S/C14H17N3O3/c1-10(17-8-4-7-15-17)14(18)16-12-6-5-11(19-2)9-13(12)20-3/h4-10H,1-3H3,(H,16,18)/t10-/m0/s1. The van der Waals surface area contributed by atoms with Crippen molar-refractivity contribution in [1.82, 2.24) is 9.78 Å². The summed E-state index contributed by atoms with van der Waals surface area (Å²) in [6.45, 7) is 1.78. The van der Waals surface area contributed by atoms with E-state index < -0.39 is 6.04 Å². The number of carbonyl (C=O) groups excluding carboxylic acids is 1. The van der Waals surface area contributed by atoms with Crippen molar-refractivity contribution in [2.45, 2.75) is 13.0 Å². The van der Waals surface area contributed by atoms with Crippen LogP contribution in [0.3, 0.4) is 0 Å². The molecular formula is C14H17N3O3. The van der Waals surface area contributed by atoms with E-state index in [1.165, 1.54) is 0 Å². The highest BCUT2D eigenvalue weighted by Crippen LogP contribution is 2.29. The molecule has 1 atom stereocenters.